The summed E-state index contributed by atoms with van der Waals surface area (Å²) in [5.41, 5.74) is 5.56. The number of imide groups is 2. The van der Waals surface area contributed by atoms with Gasteiger partial charge in [-0.2, -0.15) is 0 Å². The summed E-state index contributed by atoms with van der Waals surface area (Å²) in [6.07, 6.45) is 0.514. The van der Waals surface area contributed by atoms with Gasteiger partial charge in [-0.15, -0.1) is 44.6 Å². The summed E-state index contributed by atoms with van der Waals surface area (Å²) in [7, 11) is 0. The second kappa shape index (κ2) is 17.9. The van der Waals surface area contributed by atoms with Gasteiger partial charge in [0.05, 0.1) is 33.5 Å². The number of aliphatic imine (C=N–C) groups is 2. The topological polar surface area (TPSA) is 219 Å². The fourth-order valence-electron chi connectivity index (χ4n) is 8.46. The molecule has 4 aliphatic heterocycles. The van der Waals surface area contributed by atoms with E-state index in [0.717, 1.165) is 41.9 Å². The molecule has 3 aromatic carbocycles. The van der Waals surface area contributed by atoms with E-state index in [-0.39, 0.29) is 41.7 Å². The fourth-order valence-corrected chi connectivity index (χ4v) is 12.0. The van der Waals surface area contributed by atoms with E-state index in [2.05, 4.69) is 45.0 Å². The number of esters is 1. The molecule has 0 bridgehead atoms. The molecule has 0 spiro atoms. The summed E-state index contributed by atoms with van der Waals surface area (Å²) < 4.78 is 8.71. The Morgan fingerprint density at radius 2 is 1.76 bits per heavy atom. The first-order valence-corrected chi connectivity index (χ1v) is 24.4. The van der Waals surface area contributed by atoms with Crippen LogP contribution in [0.5, 0.6) is 5.75 Å². The molecule has 3 atom stereocenters. The largest absolute Gasteiger partial charge is 0.426 e. The monoisotopic (exact) mass is 974 g/mol. The molecule has 4 aliphatic rings. The van der Waals surface area contributed by atoms with E-state index >= 15 is 0 Å². The van der Waals surface area contributed by atoms with Crippen molar-refractivity contribution in [2.75, 3.05) is 24.2 Å². The van der Waals surface area contributed by atoms with Crippen molar-refractivity contribution in [3.05, 3.63) is 115 Å². The van der Waals surface area contributed by atoms with Crippen LogP contribution in [0.4, 0.5) is 5.69 Å². The molecule has 0 aliphatic carbocycles. The van der Waals surface area contributed by atoms with Gasteiger partial charge < -0.3 is 15.4 Å². The van der Waals surface area contributed by atoms with E-state index < -0.39 is 41.7 Å². The minimum atomic E-state index is -1.06. The average Bonchev–Trinajstić information content (AvgIpc) is 4.13. The number of nitrogens with one attached hydrogen (secondary N) is 3. The maximum Gasteiger partial charge on any atom is 0.313 e. The molecule has 3 aromatic heterocycles. The fraction of sp³-hybridized carbons (Fsp3) is 0.283. The molecule has 3 N–H and O–H groups in total. The Morgan fingerprint density at radius 3 is 2.57 bits per heavy atom. The van der Waals surface area contributed by atoms with E-state index in [4.69, 9.17) is 26.3 Å². The number of amides is 5. The molecule has 0 saturated carbocycles. The van der Waals surface area contributed by atoms with Gasteiger partial charge in [-0.25, -0.2) is 4.98 Å². The number of halogens is 1. The van der Waals surface area contributed by atoms with E-state index in [0.29, 0.717) is 69.6 Å². The second-order valence-corrected chi connectivity index (χ2v) is 20.0. The molecule has 10 rings (SSSR count). The van der Waals surface area contributed by atoms with Crippen LogP contribution in [-0.4, -0.2) is 96.5 Å². The van der Waals surface area contributed by atoms with E-state index in [9.17, 15) is 28.8 Å². The third-order valence-electron chi connectivity index (χ3n) is 11.9. The van der Waals surface area contributed by atoms with Crippen molar-refractivity contribution in [1.82, 2.24) is 35.3 Å². The molecule has 1 fully saturated rings. The van der Waals surface area contributed by atoms with Crippen molar-refractivity contribution < 1.29 is 33.5 Å². The molecule has 7 heterocycles. The smallest absolute Gasteiger partial charge is 0.313 e. The Morgan fingerprint density at radius 1 is 0.940 bits per heavy atom. The zero-order chi connectivity index (χ0) is 46.7. The second-order valence-electron chi connectivity index (χ2n) is 16.2. The number of benzene rings is 3. The van der Waals surface area contributed by atoms with Crippen LogP contribution < -0.4 is 20.7 Å². The van der Waals surface area contributed by atoms with Crippen molar-refractivity contribution in [2.45, 2.75) is 63.9 Å². The summed E-state index contributed by atoms with van der Waals surface area (Å²) >= 11 is 10.8. The molecule has 1 saturated heterocycles. The highest BCUT2D eigenvalue weighted by Gasteiger charge is 2.45. The summed E-state index contributed by atoms with van der Waals surface area (Å²) in [5.74, 6) is -1.08. The molecular weight excluding hydrogens is 936 g/mol. The first-order chi connectivity index (χ1) is 32.3. The van der Waals surface area contributed by atoms with Gasteiger partial charge in [0.2, 0.25) is 11.8 Å². The van der Waals surface area contributed by atoms with Gasteiger partial charge in [0, 0.05) is 58.0 Å². The number of hydrogen-bond acceptors (Lipinski definition) is 16. The van der Waals surface area contributed by atoms with Gasteiger partial charge in [-0.05, 0) is 75.6 Å². The van der Waals surface area contributed by atoms with Crippen LogP contribution in [0.3, 0.4) is 0 Å². The minimum absolute atomic E-state index is 0.0352. The number of aryl methyl sites for hydroxylation is 2. The number of hydrogen-bond donors (Lipinski definition) is 3. The Bertz CT molecular complexity index is 3160. The van der Waals surface area contributed by atoms with Gasteiger partial charge in [0.15, 0.2) is 5.82 Å². The van der Waals surface area contributed by atoms with Crippen molar-refractivity contribution in [3.8, 4) is 10.8 Å². The highest BCUT2D eigenvalue weighted by atomic mass is 35.5. The summed E-state index contributed by atoms with van der Waals surface area (Å²) in [6.45, 7) is 6.73. The van der Waals surface area contributed by atoms with Gasteiger partial charge in [-0.3, -0.25) is 53.5 Å². The molecule has 0 radical (unpaired) electrons. The van der Waals surface area contributed by atoms with Crippen LogP contribution in [0.15, 0.2) is 70.6 Å². The van der Waals surface area contributed by atoms with Crippen LogP contribution in [0.25, 0.3) is 15.2 Å². The number of ether oxygens (including phenoxy) is 1. The number of thiophene rings is 1. The number of carbonyl (C=O) groups is 6. The maximum absolute atomic E-state index is 13.7. The predicted molar refractivity (Wildman–Crippen MR) is 255 cm³/mol. The minimum Gasteiger partial charge on any atom is -0.426 e. The molecular formula is C46H39ClN10O7S3. The molecule has 5 amide bonds. The SMILES string of the molecule is Cc1sc2c(c1C)C(c1ccc(Cl)cc1)=N[C@@H](CC(=O)Oc1ccc3nc(C4N=C(C(=O)NCCCNc5cccc6c5C(=O)N(C5CCC(=O)NC5=O)C6=O)CS4)sc3c1)c1nnc(C)n1-2. The van der Waals surface area contributed by atoms with Crippen molar-refractivity contribution in [1.29, 1.82) is 0 Å². The number of anilines is 1. The first-order valence-electron chi connectivity index (χ1n) is 21.4. The number of aromatic nitrogens is 4. The number of nitrogens with zero attached hydrogens (tertiary/aromatic N) is 7. The van der Waals surface area contributed by atoms with Gasteiger partial charge in [-0.1, -0.05) is 29.8 Å². The van der Waals surface area contributed by atoms with E-state index in [1.807, 2.05) is 35.8 Å². The van der Waals surface area contributed by atoms with Crippen molar-refractivity contribution in [3.63, 3.8) is 0 Å². The summed E-state index contributed by atoms with van der Waals surface area (Å²) in [4.78, 5) is 94.3. The zero-order valence-electron chi connectivity index (χ0n) is 36.0. The molecule has 340 valence electrons. The molecule has 21 heteroatoms. The lowest BCUT2D eigenvalue weighted by Crippen LogP contribution is -2.54. The van der Waals surface area contributed by atoms with Crippen LogP contribution >= 0.6 is 46.0 Å². The van der Waals surface area contributed by atoms with Crippen LogP contribution in [-0.2, 0) is 19.2 Å². The van der Waals surface area contributed by atoms with E-state index in [1.54, 1.807) is 41.7 Å². The number of thiazole rings is 1. The lowest BCUT2D eigenvalue weighted by atomic mass is 9.99. The Balaban J connectivity index is 0.757. The quantitative estimate of drug-likeness (QED) is 0.0511. The highest BCUT2D eigenvalue weighted by Crippen LogP contribution is 2.42. The number of thioether (sulfide) groups is 1. The Hall–Kier alpha value is -6.61. The number of piperidine rings is 1. The van der Waals surface area contributed by atoms with E-state index in [1.165, 1.54) is 29.2 Å². The Labute approximate surface area is 399 Å². The number of carbonyl (C=O) groups excluding carboxylic acids is 6. The predicted octanol–water partition coefficient (Wildman–Crippen LogP) is 6.61. The lowest BCUT2D eigenvalue weighted by molar-refractivity contribution is -0.137. The normalized spacial score (nSPS) is 18.8. The lowest BCUT2D eigenvalue weighted by Gasteiger charge is -2.27. The third kappa shape index (κ3) is 8.31. The van der Waals surface area contributed by atoms with Crippen LogP contribution in [0.2, 0.25) is 5.02 Å². The zero-order valence-corrected chi connectivity index (χ0v) is 39.3. The standard InChI is InChI=1S/C46H39ClN10O7S3/c1-21-22(2)66-46-36(21)38(24-8-10-25(47)11-9-24)50-30(39-55-54-23(3)56(39)46)19-35(59)64-26-12-13-28-33(18-26)67-43(51-28)42-52-31(20-65-42)40(60)49-17-5-16-48-29-7-4-6-27-37(29)45(63)57(44(27)62)32-14-15-34(58)53-41(32)61/h4,6-13,18,30,32,42,48H,5,14-17,19-20H2,1-3H3,(H,49,60)(H,53,58,61)/t30-,32?,42?/m0/s1. The first kappa shape index (κ1) is 44.2. The van der Waals surface area contributed by atoms with Crippen molar-refractivity contribution >= 4 is 109 Å². The molecule has 17 nitrogen and oxygen atoms in total. The highest BCUT2D eigenvalue weighted by molar-refractivity contribution is 8.00. The van der Waals surface area contributed by atoms with Gasteiger partial charge >= 0.3 is 5.97 Å². The summed E-state index contributed by atoms with van der Waals surface area (Å²) in [6, 6.07) is 15.9. The summed E-state index contributed by atoms with van der Waals surface area (Å²) in [5, 5.41) is 19.1. The molecule has 67 heavy (non-hydrogen) atoms. The maximum atomic E-state index is 13.7. The molecule has 6 aromatic rings. The third-order valence-corrected chi connectivity index (χ3v) is 15.6. The molecule has 2 unspecified atom stereocenters. The van der Waals surface area contributed by atoms with Gasteiger partial charge in [0.1, 0.15) is 44.8 Å². The van der Waals surface area contributed by atoms with Crippen LogP contribution in [0, 0.1) is 20.8 Å². The average molecular weight is 976 g/mol. The van der Waals surface area contributed by atoms with Crippen molar-refractivity contribution in [2.24, 2.45) is 9.98 Å². The number of fused-ring (bicyclic) bond motifs is 5. The Kier molecular flexibility index (Phi) is 11.8. The number of rotatable bonds is 12. The van der Waals surface area contributed by atoms with Gasteiger partial charge in [0.25, 0.3) is 17.7 Å². The van der Waals surface area contributed by atoms with Crippen LogP contribution in [0.1, 0.15) is 96.0 Å².